The number of carbonyl (C=O) groups excluding carboxylic acids is 1. The molecule has 8 heteroatoms. The van der Waals surface area contributed by atoms with Gasteiger partial charge in [0.15, 0.2) is 15.7 Å². The highest BCUT2D eigenvalue weighted by Crippen LogP contribution is 2.48. The van der Waals surface area contributed by atoms with E-state index in [1.165, 1.54) is 6.20 Å². The Balaban J connectivity index is 1.73. The summed E-state index contributed by atoms with van der Waals surface area (Å²) in [6.45, 7) is 11.7. The van der Waals surface area contributed by atoms with Crippen LogP contribution in [0.15, 0.2) is 24.4 Å². The van der Waals surface area contributed by atoms with Crippen molar-refractivity contribution in [1.82, 2.24) is 15.0 Å². The van der Waals surface area contributed by atoms with Crippen LogP contribution in [-0.2, 0) is 9.84 Å². The molecule has 0 radical (unpaired) electrons. The van der Waals surface area contributed by atoms with Crippen LogP contribution in [0.1, 0.15) is 107 Å². The highest BCUT2D eigenvalue weighted by atomic mass is 32.2. The normalized spacial score (nSPS) is 22.3. The van der Waals surface area contributed by atoms with E-state index in [4.69, 9.17) is 11.4 Å². The largest absolute Gasteiger partial charge is 0.327 e. The number of nitrogens with one attached hydrogen (secondary N) is 2. The highest BCUT2D eigenvalue weighted by Gasteiger charge is 2.52. The van der Waals surface area contributed by atoms with Crippen molar-refractivity contribution in [2.75, 3.05) is 5.32 Å². The van der Waals surface area contributed by atoms with E-state index in [0.29, 0.717) is 24.2 Å². The lowest BCUT2D eigenvalue weighted by Gasteiger charge is -2.44. The van der Waals surface area contributed by atoms with Gasteiger partial charge in [-0.1, -0.05) is 25.8 Å². The minimum atomic E-state index is -3.30. The molecule has 36 heavy (non-hydrogen) atoms. The van der Waals surface area contributed by atoms with Crippen molar-refractivity contribution in [3.63, 3.8) is 0 Å². The molecule has 2 aromatic rings. The molecule has 2 aromatic heterocycles. The molecule has 2 N–H and O–H groups in total. The topological polar surface area (TPSA) is 105 Å². The van der Waals surface area contributed by atoms with Crippen molar-refractivity contribution in [3.05, 3.63) is 47.3 Å². The van der Waals surface area contributed by atoms with E-state index < -0.39 is 25.2 Å². The Morgan fingerprint density at radius 1 is 1.14 bits per heavy atom. The maximum absolute atomic E-state index is 13.1. The van der Waals surface area contributed by atoms with Crippen LogP contribution in [0.2, 0.25) is 0 Å². The van der Waals surface area contributed by atoms with Crippen molar-refractivity contribution in [2.24, 2.45) is 5.41 Å². The summed E-state index contributed by atoms with van der Waals surface area (Å²) in [6, 6.07) is 3.79. The third kappa shape index (κ3) is 4.73. The summed E-state index contributed by atoms with van der Waals surface area (Å²) < 4.78 is 24.6. The minimum absolute atomic E-state index is 0.00841. The summed E-state index contributed by atoms with van der Waals surface area (Å²) in [5.74, 6) is 2.17. The van der Waals surface area contributed by atoms with E-state index in [0.717, 1.165) is 36.2 Å². The molecule has 0 aromatic carbocycles. The lowest BCUT2D eigenvalue weighted by Crippen LogP contribution is -2.51. The number of hydrogen-bond acceptors (Lipinski definition) is 5. The van der Waals surface area contributed by atoms with Gasteiger partial charge in [-0.25, -0.2) is 13.4 Å². The lowest BCUT2D eigenvalue weighted by atomic mass is 9.77. The fourth-order valence-corrected chi connectivity index (χ4v) is 7.80. The number of amides is 1. The zero-order valence-electron chi connectivity index (χ0n) is 22.0. The van der Waals surface area contributed by atoms with Crippen LogP contribution in [0.25, 0.3) is 5.57 Å². The summed E-state index contributed by atoms with van der Waals surface area (Å²) in [4.78, 5) is 24.9. The van der Waals surface area contributed by atoms with Gasteiger partial charge in [0.25, 0.3) is 5.91 Å². The summed E-state index contributed by atoms with van der Waals surface area (Å²) >= 11 is 0. The molecular formula is C28H36N4O3S. The molecule has 1 aliphatic carbocycles. The number of carbonyl (C=O) groups is 1. The number of nitrogens with zero attached hydrogens (tertiary/aromatic N) is 2. The first-order valence-corrected chi connectivity index (χ1v) is 13.9. The van der Waals surface area contributed by atoms with Gasteiger partial charge < -0.3 is 10.3 Å². The smallest absolute Gasteiger partial charge is 0.291 e. The van der Waals surface area contributed by atoms with Crippen molar-refractivity contribution in [3.8, 4) is 12.3 Å². The molecule has 0 saturated carbocycles. The maximum Gasteiger partial charge on any atom is 0.291 e. The Bertz CT molecular complexity index is 1350. The molecule has 192 valence electrons. The Hall–Kier alpha value is -2.92. The quantitative estimate of drug-likeness (QED) is 0.532. The van der Waals surface area contributed by atoms with E-state index in [2.05, 4.69) is 41.1 Å². The zero-order chi connectivity index (χ0) is 26.5. The number of imidazole rings is 1. The fourth-order valence-electron chi connectivity index (χ4n) is 5.47. The average Bonchev–Trinajstić information content (AvgIpc) is 3.27. The van der Waals surface area contributed by atoms with Gasteiger partial charge in [-0.3, -0.25) is 9.78 Å². The maximum atomic E-state index is 13.1. The van der Waals surface area contributed by atoms with E-state index in [1.54, 1.807) is 0 Å². The second-order valence-electron chi connectivity index (χ2n) is 12.1. The van der Waals surface area contributed by atoms with Crippen LogP contribution in [-0.4, -0.2) is 38.8 Å². The van der Waals surface area contributed by atoms with Crippen LogP contribution in [0, 0.1) is 17.8 Å². The number of allylic oxidation sites excluding steroid dienone is 2. The van der Waals surface area contributed by atoms with Gasteiger partial charge in [-0.05, 0) is 82.9 Å². The third-order valence-electron chi connectivity index (χ3n) is 7.74. The molecule has 2 aliphatic rings. The average molecular weight is 509 g/mol. The van der Waals surface area contributed by atoms with Gasteiger partial charge in [0.05, 0.1) is 27.1 Å². The molecule has 0 atom stereocenters. The molecule has 1 aliphatic heterocycles. The number of rotatable bonds is 4. The molecular weight excluding hydrogens is 472 g/mol. The van der Waals surface area contributed by atoms with Gasteiger partial charge in [0, 0.05) is 11.6 Å². The van der Waals surface area contributed by atoms with Gasteiger partial charge in [-0.2, -0.15) is 0 Å². The van der Waals surface area contributed by atoms with E-state index in [-0.39, 0.29) is 17.2 Å². The predicted molar refractivity (Wildman–Crippen MR) is 143 cm³/mol. The molecule has 0 spiro atoms. The highest BCUT2D eigenvalue weighted by molar-refractivity contribution is 7.94. The molecule has 7 nitrogen and oxygen atoms in total. The van der Waals surface area contributed by atoms with Crippen LogP contribution >= 0.6 is 0 Å². The molecule has 1 saturated heterocycles. The Kier molecular flexibility index (Phi) is 6.45. The van der Waals surface area contributed by atoms with E-state index >= 15 is 0 Å². The molecule has 4 rings (SSSR count). The summed E-state index contributed by atoms with van der Waals surface area (Å²) in [6.07, 6.45) is 12.9. The molecule has 0 unspecified atom stereocenters. The predicted octanol–water partition coefficient (Wildman–Crippen LogP) is 5.48. The van der Waals surface area contributed by atoms with Crippen LogP contribution < -0.4 is 5.32 Å². The number of aromatic nitrogens is 3. The summed E-state index contributed by atoms with van der Waals surface area (Å²) in [7, 11) is -3.30. The Morgan fingerprint density at radius 2 is 1.81 bits per heavy atom. The second kappa shape index (κ2) is 8.88. The van der Waals surface area contributed by atoms with E-state index in [1.807, 2.05) is 39.8 Å². The molecule has 1 fully saturated rings. The minimum Gasteiger partial charge on any atom is -0.327 e. The number of aromatic amines is 1. The van der Waals surface area contributed by atoms with Gasteiger partial charge in [0.1, 0.15) is 5.69 Å². The number of H-pyrrole nitrogens is 1. The first-order chi connectivity index (χ1) is 16.7. The van der Waals surface area contributed by atoms with Crippen molar-refractivity contribution >= 4 is 27.0 Å². The number of hydrogen-bond donors (Lipinski definition) is 2. The van der Waals surface area contributed by atoms with Crippen molar-refractivity contribution in [1.29, 1.82) is 0 Å². The number of terminal acetylenes is 1. The first-order valence-electron chi connectivity index (χ1n) is 12.4. The molecule has 3 heterocycles. The number of sulfone groups is 1. The van der Waals surface area contributed by atoms with Crippen LogP contribution in [0.5, 0.6) is 0 Å². The standard InChI is InChI=1S/C28H36N4O3S/c1-8-20-17-29-24(30-20)25(33)32-22-10-9-21(31-23(22)18-11-13-26(2,3)14-12-18)19-15-27(4,5)36(34,35)28(6,7)16-19/h1,9-11,17,19H,12-16H2,2-7H3,(H,29,30)(H,32,33). The SMILES string of the molecule is C#Cc1cnc(C(=O)Nc2ccc(C3CC(C)(C)S(=O)(=O)C(C)(C)C3)nc2C2=CCC(C)(C)CC2)[nH]1. The summed E-state index contributed by atoms with van der Waals surface area (Å²) in [5, 5.41) is 2.96. The first kappa shape index (κ1) is 26.2. The van der Waals surface area contributed by atoms with Crippen molar-refractivity contribution in [2.45, 2.75) is 89.1 Å². The van der Waals surface area contributed by atoms with Gasteiger partial charge in [-0.15, -0.1) is 6.42 Å². The Labute approximate surface area is 214 Å². The molecule has 1 amide bonds. The third-order valence-corrected chi connectivity index (χ3v) is 11.0. The monoisotopic (exact) mass is 508 g/mol. The Morgan fingerprint density at radius 3 is 2.36 bits per heavy atom. The number of anilines is 1. The van der Waals surface area contributed by atoms with Crippen molar-refractivity contribution < 1.29 is 13.2 Å². The van der Waals surface area contributed by atoms with Gasteiger partial charge >= 0.3 is 0 Å². The van der Waals surface area contributed by atoms with Gasteiger partial charge in [0.2, 0.25) is 0 Å². The van der Waals surface area contributed by atoms with E-state index in [9.17, 15) is 13.2 Å². The summed E-state index contributed by atoms with van der Waals surface area (Å²) in [5.41, 5.74) is 3.95. The van der Waals surface area contributed by atoms with Crippen LogP contribution in [0.4, 0.5) is 5.69 Å². The number of pyridine rings is 1. The lowest BCUT2D eigenvalue weighted by molar-refractivity contribution is 0.101. The second-order valence-corrected chi connectivity index (χ2v) is 15.3. The van der Waals surface area contributed by atoms with Crippen LogP contribution in [0.3, 0.4) is 0 Å². The zero-order valence-corrected chi connectivity index (χ0v) is 22.8. The molecule has 0 bridgehead atoms. The fraction of sp³-hybridized carbons (Fsp3) is 0.536.